The maximum atomic E-state index is 13.1. The van der Waals surface area contributed by atoms with Gasteiger partial charge in [-0.1, -0.05) is 47.6 Å². The number of amides is 1. The Hall–Kier alpha value is -3.55. The summed E-state index contributed by atoms with van der Waals surface area (Å²) in [4.78, 5) is 29.5. The zero-order valence-electron chi connectivity index (χ0n) is 16.5. The highest BCUT2D eigenvalue weighted by Crippen LogP contribution is 2.23. The molecule has 3 rings (SSSR count). The van der Waals surface area contributed by atoms with Gasteiger partial charge < -0.3 is 9.42 Å². The topological polar surface area (TPSA) is 102 Å². The van der Waals surface area contributed by atoms with Crippen molar-refractivity contribution >= 4 is 11.6 Å². The minimum atomic E-state index is -0.463. The molecule has 0 radical (unpaired) electrons. The lowest BCUT2D eigenvalue weighted by Gasteiger charge is -2.28. The molecule has 2 aromatic carbocycles. The van der Waals surface area contributed by atoms with Crippen molar-refractivity contribution in [2.24, 2.45) is 0 Å². The molecule has 0 saturated heterocycles. The number of aromatic nitrogens is 2. The molecule has 1 aromatic heterocycles. The van der Waals surface area contributed by atoms with Gasteiger partial charge in [0, 0.05) is 23.7 Å². The van der Waals surface area contributed by atoms with Crippen LogP contribution in [0.3, 0.4) is 0 Å². The van der Waals surface area contributed by atoms with Gasteiger partial charge in [0.05, 0.1) is 10.8 Å². The molecule has 29 heavy (non-hydrogen) atoms. The van der Waals surface area contributed by atoms with E-state index in [1.807, 2.05) is 44.2 Å². The van der Waals surface area contributed by atoms with Gasteiger partial charge in [-0.15, -0.1) is 0 Å². The van der Waals surface area contributed by atoms with Crippen LogP contribution in [0.4, 0.5) is 5.69 Å². The van der Waals surface area contributed by atoms with Gasteiger partial charge in [0.25, 0.3) is 5.69 Å². The van der Waals surface area contributed by atoms with Gasteiger partial charge >= 0.3 is 0 Å². The fourth-order valence-corrected chi connectivity index (χ4v) is 2.96. The molecule has 1 amide bonds. The summed E-state index contributed by atoms with van der Waals surface area (Å²) in [6.07, 6.45) is 0. The highest BCUT2D eigenvalue weighted by atomic mass is 16.6. The lowest BCUT2D eigenvalue weighted by atomic mass is 9.98. The van der Waals surface area contributed by atoms with Crippen LogP contribution >= 0.6 is 0 Å². The van der Waals surface area contributed by atoms with Gasteiger partial charge in [-0.3, -0.25) is 14.9 Å². The summed E-state index contributed by atoms with van der Waals surface area (Å²) in [6, 6.07) is 15.4. The predicted molar refractivity (Wildman–Crippen MR) is 107 cm³/mol. The van der Waals surface area contributed by atoms with Crippen LogP contribution in [0.2, 0.25) is 0 Å². The fraction of sp³-hybridized carbons (Fsp3) is 0.286. The predicted octanol–water partition coefficient (Wildman–Crippen LogP) is 4.19. The van der Waals surface area contributed by atoms with Crippen LogP contribution in [0.5, 0.6) is 0 Å². The smallest absolute Gasteiger partial charge is 0.269 e. The van der Waals surface area contributed by atoms with Gasteiger partial charge in [0.2, 0.25) is 17.6 Å². The molecule has 0 aliphatic heterocycles. The van der Waals surface area contributed by atoms with Crippen LogP contribution in [0.1, 0.15) is 38.1 Å². The van der Waals surface area contributed by atoms with Crippen molar-refractivity contribution in [3.63, 3.8) is 0 Å². The molecule has 0 fully saturated rings. The normalized spacial score (nSPS) is 12.0. The van der Waals surface area contributed by atoms with E-state index in [0.29, 0.717) is 17.3 Å². The minimum absolute atomic E-state index is 0.00610. The van der Waals surface area contributed by atoms with Crippen molar-refractivity contribution in [3.8, 4) is 11.4 Å². The van der Waals surface area contributed by atoms with E-state index in [2.05, 4.69) is 10.1 Å². The molecular formula is C21H22N4O4. The number of nitro benzene ring substituents is 1. The number of benzene rings is 2. The SMILES string of the molecule is CC(C)N(Cc1nc(-c2ccccc2)no1)C(=O)[C@@H](C)c1ccc([N+](=O)[O-])cc1. The maximum Gasteiger partial charge on any atom is 0.269 e. The number of rotatable bonds is 7. The Labute approximate surface area is 168 Å². The molecule has 0 bridgehead atoms. The first kappa shape index (κ1) is 20.2. The van der Waals surface area contributed by atoms with E-state index >= 15 is 0 Å². The zero-order chi connectivity index (χ0) is 21.0. The monoisotopic (exact) mass is 394 g/mol. The maximum absolute atomic E-state index is 13.1. The van der Waals surface area contributed by atoms with E-state index in [1.165, 1.54) is 12.1 Å². The minimum Gasteiger partial charge on any atom is -0.337 e. The quantitative estimate of drug-likeness (QED) is 0.440. The third-order valence-electron chi connectivity index (χ3n) is 4.69. The van der Waals surface area contributed by atoms with Crippen molar-refractivity contribution in [1.82, 2.24) is 15.0 Å². The highest BCUT2D eigenvalue weighted by molar-refractivity contribution is 5.83. The van der Waals surface area contributed by atoms with Gasteiger partial charge in [0.15, 0.2) is 0 Å². The molecular weight excluding hydrogens is 372 g/mol. The second-order valence-corrected chi connectivity index (χ2v) is 7.01. The van der Waals surface area contributed by atoms with Crippen molar-refractivity contribution in [2.75, 3.05) is 0 Å². The summed E-state index contributed by atoms with van der Waals surface area (Å²) < 4.78 is 5.35. The zero-order valence-corrected chi connectivity index (χ0v) is 16.5. The molecule has 1 heterocycles. The Balaban J connectivity index is 1.76. The van der Waals surface area contributed by atoms with Crippen molar-refractivity contribution in [1.29, 1.82) is 0 Å². The number of hydrogen-bond acceptors (Lipinski definition) is 6. The van der Waals surface area contributed by atoms with Crippen LogP contribution in [0.15, 0.2) is 59.1 Å². The lowest BCUT2D eigenvalue weighted by molar-refractivity contribution is -0.384. The van der Waals surface area contributed by atoms with Crippen molar-refractivity contribution in [3.05, 3.63) is 76.2 Å². The van der Waals surface area contributed by atoms with Crippen LogP contribution in [0, 0.1) is 10.1 Å². The summed E-state index contributed by atoms with van der Waals surface area (Å²) in [7, 11) is 0. The molecule has 0 N–H and O–H groups in total. The van der Waals surface area contributed by atoms with Crippen LogP contribution in [0.25, 0.3) is 11.4 Å². The first-order valence-corrected chi connectivity index (χ1v) is 9.29. The van der Waals surface area contributed by atoms with Crippen LogP contribution < -0.4 is 0 Å². The summed E-state index contributed by atoms with van der Waals surface area (Å²) in [5, 5.41) is 14.8. The van der Waals surface area contributed by atoms with Gasteiger partial charge in [-0.25, -0.2) is 0 Å². The Morgan fingerprint density at radius 3 is 2.34 bits per heavy atom. The first-order valence-electron chi connectivity index (χ1n) is 9.29. The van der Waals surface area contributed by atoms with E-state index in [-0.39, 0.29) is 24.2 Å². The Bertz CT molecular complexity index is 983. The largest absolute Gasteiger partial charge is 0.337 e. The second kappa shape index (κ2) is 8.64. The summed E-state index contributed by atoms with van der Waals surface area (Å²) >= 11 is 0. The number of carbonyl (C=O) groups is 1. The van der Waals surface area contributed by atoms with Gasteiger partial charge in [0.1, 0.15) is 6.54 Å². The molecule has 8 nitrogen and oxygen atoms in total. The van der Waals surface area contributed by atoms with Crippen LogP contribution in [-0.2, 0) is 11.3 Å². The Morgan fingerprint density at radius 1 is 1.10 bits per heavy atom. The van der Waals surface area contributed by atoms with Crippen molar-refractivity contribution < 1.29 is 14.2 Å². The van der Waals surface area contributed by atoms with E-state index in [4.69, 9.17) is 4.52 Å². The Kier molecular flexibility index (Phi) is 6.01. The molecule has 0 spiro atoms. The molecule has 3 aromatic rings. The third kappa shape index (κ3) is 4.66. The molecule has 0 saturated carbocycles. The highest BCUT2D eigenvalue weighted by Gasteiger charge is 2.26. The van der Waals surface area contributed by atoms with E-state index < -0.39 is 10.8 Å². The summed E-state index contributed by atoms with van der Waals surface area (Å²) in [5.74, 6) is 0.241. The second-order valence-electron chi connectivity index (χ2n) is 7.01. The molecule has 1 atom stereocenters. The van der Waals surface area contributed by atoms with Crippen molar-refractivity contribution in [2.45, 2.75) is 39.3 Å². The first-order chi connectivity index (χ1) is 13.9. The van der Waals surface area contributed by atoms with Gasteiger partial charge in [-0.2, -0.15) is 4.98 Å². The average molecular weight is 394 g/mol. The fourth-order valence-electron chi connectivity index (χ4n) is 2.96. The molecule has 150 valence electrons. The summed E-state index contributed by atoms with van der Waals surface area (Å²) in [5.41, 5.74) is 1.54. The average Bonchev–Trinajstić information content (AvgIpc) is 3.20. The standard InChI is InChI=1S/C21H22N4O4/c1-14(2)24(13-19-22-20(23-29-19)17-7-5-4-6-8-17)21(26)15(3)16-9-11-18(12-10-16)25(27)28/h4-12,14-15H,13H2,1-3H3/t15-/m0/s1. The number of nitro groups is 1. The molecule has 0 aliphatic carbocycles. The van der Waals surface area contributed by atoms with E-state index in [9.17, 15) is 14.9 Å². The van der Waals surface area contributed by atoms with E-state index in [1.54, 1.807) is 24.0 Å². The van der Waals surface area contributed by atoms with Gasteiger partial charge in [-0.05, 0) is 26.3 Å². The Morgan fingerprint density at radius 2 is 1.76 bits per heavy atom. The lowest BCUT2D eigenvalue weighted by Crippen LogP contribution is -2.39. The number of carbonyl (C=O) groups excluding carboxylic acids is 1. The van der Waals surface area contributed by atoms with E-state index in [0.717, 1.165) is 5.56 Å². The molecule has 8 heteroatoms. The number of non-ortho nitro benzene ring substituents is 1. The third-order valence-corrected chi connectivity index (χ3v) is 4.69. The number of nitrogens with zero attached hydrogens (tertiary/aromatic N) is 4. The number of hydrogen-bond donors (Lipinski definition) is 0. The summed E-state index contributed by atoms with van der Waals surface area (Å²) in [6.45, 7) is 5.79. The molecule has 0 unspecified atom stereocenters. The molecule has 0 aliphatic rings. The van der Waals surface area contributed by atoms with Crippen LogP contribution in [-0.4, -0.2) is 31.9 Å².